The monoisotopic (exact) mass is 327 g/mol. The third-order valence-corrected chi connectivity index (χ3v) is 3.76. The number of methoxy groups -OCH3 is 1. The summed E-state index contributed by atoms with van der Waals surface area (Å²) in [5, 5.41) is 0.378. The normalized spacial score (nSPS) is 10.7. The first-order valence-corrected chi connectivity index (χ1v) is 6.42. The lowest BCUT2D eigenvalue weighted by Crippen LogP contribution is -2.01. The molecule has 2 aromatic rings. The van der Waals surface area contributed by atoms with Gasteiger partial charge < -0.3 is 4.74 Å². The number of hydrogen-bond donors (Lipinski definition) is 0. The Morgan fingerprint density at radius 3 is 2.83 bits per heavy atom. The summed E-state index contributed by atoms with van der Waals surface area (Å²) in [4.78, 5) is 12.8. The standard InChI is InChI=1S/C12H11BrClN3O/c1-7-5-15-4-3-8(7)12-16-9(6-18-2)10(13)11(14)17-12/h3-5H,6H2,1-2H3. The van der Waals surface area contributed by atoms with Crippen LogP contribution in [0, 0.1) is 6.92 Å². The molecule has 0 bridgehead atoms. The van der Waals surface area contributed by atoms with Crippen molar-refractivity contribution >= 4 is 27.5 Å². The van der Waals surface area contributed by atoms with E-state index in [2.05, 4.69) is 30.9 Å². The van der Waals surface area contributed by atoms with Gasteiger partial charge in [0, 0.05) is 25.1 Å². The van der Waals surface area contributed by atoms with E-state index in [1.807, 2.05) is 13.0 Å². The summed E-state index contributed by atoms with van der Waals surface area (Å²) in [5.41, 5.74) is 2.64. The third kappa shape index (κ3) is 2.68. The van der Waals surface area contributed by atoms with E-state index in [0.717, 1.165) is 16.8 Å². The Bertz CT molecular complexity index is 577. The molecule has 0 aliphatic carbocycles. The van der Waals surface area contributed by atoms with Gasteiger partial charge in [0.1, 0.15) is 5.15 Å². The average Bonchev–Trinajstić information content (AvgIpc) is 2.35. The first-order valence-electron chi connectivity index (χ1n) is 5.25. The molecule has 0 aliphatic heterocycles. The van der Waals surface area contributed by atoms with Gasteiger partial charge in [-0.15, -0.1) is 0 Å². The molecule has 6 heteroatoms. The molecule has 0 radical (unpaired) electrons. The number of aromatic nitrogens is 3. The molecule has 18 heavy (non-hydrogen) atoms. The minimum Gasteiger partial charge on any atom is -0.378 e. The fourth-order valence-electron chi connectivity index (χ4n) is 1.54. The van der Waals surface area contributed by atoms with Gasteiger partial charge >= 0.3 is 0 Å². The van der Waals surface area contributed by atoms with Crippen molar-refractivity contribution in [2.45, 2.75) is 13.5 Å². The van der Waals surface area contributed by atoms with Crippen molar-refractivity contribution in [2.75, 3.05) is 7.11 Å². The summed E-state index contributed by atoms with van der Waals surface area (Å²) >= 11 is 9.44. The molecule has 2 aromatic heterocycles. The summed E-state index contributed by atoms with van der Waals surface area (Å²) in [6, 6.07) is 1.87. The summed E-state index contributed by atoms with van der Waals surface area (Å²) < 4.78 is 5.76. The molecular formula is C12H11BrClN3O. The zero-order valence-corrected chi connectivity index (χ0v) is 12.3. The molecule has 0 atom stereocenters. The second kappa shape index (κ2) is 5.73. The number of pyridine rings is 1. The Morgan fingerprint density at radius 1 is 1.39 bits per heavy atom. The summed E-state index contributed by atoms with van der Waals surface area (Å²) in [5.74, 6) is 0.579. The van der Waals surface area contributed by atoms with Crippen LogP contribution in [0.1, 0.15) is 11.3 Å². The van der Waals surface area contributed by atoms with Crippen molar-refractivity contribution in [3.05, 3.63) is 39.3 Å². The second-order valence-corrected chi connectivity index (χ2v) is 4.87. The predicted octanol–water partition coefficient (Wildman–Crippen LogP) is 3.41. The highest BCUT2D eigenvalue weighted by Crippen LogP contribution is 2.28. The molecule has 0 unspecified atom stereocenters. The van der Waals surface area contributed by atoms with Gasteiger partial charge in [0.25, 0.3) is 0 Å². The lowest BCUT2D eigenvalue weighted by atomic mass is 10.1. The SMILES string of the molecule is COCc1nc(-c2ccncc2C)nc(Cl)c1Br. The molecule has 94 valence electrons. The van der Waals surface area contributed by atoms with E-state index in [-0.39, 0.29) is 0 Å². The van der Waals surface area contributed by atoms with Gasteiger partial charge in [0.2, 0.25) is 0 Å². The highest BCUT2D eigenvalue weighted by Gasteiger charge is 2.13. The molecule has 0 amide bonds. The van der Waals surface area contributed by atoms with Crippen LogP contribution in [0.5, 0.6) is 0 Å². The van der Waals surface area contributed by atoms with Crippen LogP contribution in [0.3, 0.4) is 0 Å². The van der Waals surface area contributed by atoms with E-state index in [9.17, 15) is 0 Å². The Hall–Kier alpha value is -1.04. The number of hydrogen-bond acceptors (Lipinski definition) is 4. The van der Waals surface area contributed by atoms with E-state index in [0.29, 0.717) is 22.1 Å². The zero-order valence-electron chi connectivity index (χ0n) is 9.94. The van der Waals surface area contributed by atoms with Gasteiger partial charge in [-0.25, -0.2) is 9.97 Å². The van der Waals surface area contributed by atoms with Crippen LogP contribution in [-0.4, -0.2) is 22.1 Å². The van der Waals surface area contributed by atoms with Gasteiger partial charge in [0.05, 0.1) is 16.8 Å². The molecule has 0 aromatic carbocycles. The van der Waals surface area contributed by atoms with Crippen molar-refractivity contribution in [2.24, 2.45) is 0 Å². The fourth-order valence-corrected chi connectivity index (χ4v) is 2.02. The Balaban J connectivity index is 2.56. The minimum atomic E-state index is 0.375. The number of halogens is 2. The van der Waals surface area contributed by atoms with Crippen LogP contribution < -0.4 is 0 Å². The van der Waals surface area contributed by atoms with Crippen LogP contribution in [0.4, 0.5) is 0 Å². The van der Waals surface area contributed by atoms with Gasteiger partial charge in [-0.3, -0.25) is 4.98 Å². The average molecular weight is 329 g/mol. The molecule has 0 N–H and O–H groups in total. The molecule has 4 nitrogen and oxygen atoms in total. The molecule has 2 rings (SSSR count). The van der Waals surface area contributed by atoms with Crippen LogP contribution in [0.15, 0.2) is 22.9 Å². The number of aryl methyl sites for hydroxylation is 1. The highest BCUT2D eigenvalue weighted by molar-refractivity contribution is 9.10. The molecule has 0 saturated carbocycles. The van der Waals surface area contributed by atoms with E-state index in [1.165, 1.54) is 0 Å². The minimum absolute atomic E-state index is 0.375. The molecule has 0 fully saturated rings. The molecular weight excluding hydrogens is 318 g/mol. The lowest BCUT2D eigenvalue weighted by molar-refractivity contribution is 0.181. The maximum atomic E-state index is 6.09. The third-order valence-electron chi connectivity index (χ3n) is 2.42. The lowest BCUT2D eigenvalue weighted by Gasteiger charge is -2.09. The van der Waals surface area contributed by atoms with Crippen LogP contribution in [0.2, 0.25) is 5.15 Å². The topological polar surface area (TPSA) is 47.9 Å². The maximum absolute atomic E-state index is 6.09. The number of nitrogens with zero attached hydrogens (tertiary/aromatic N) is 3. The highest BCUT2D eigenvalue weighted by atomic mass is 79.9. The van der Waals surface area contributed by atoms with Crippen molar-refractivity contribution < 1.29 is 4.74 Å². The Kier molecular flexibility index (Phi) is 4.27. The van der Waals surface area contributed by atoms with Gasteiger partial charge in [-0.05, 0) is 34.5 Å². The molecule has 2 heterocycles. The molecule has 0 spiro atoms. The smallest absolute Gasteiger partial charge is 0.161 e. The van der Waals surface area contributed by atoms with Crippen molar-refractivity contribution in [1.82, 2.24) is 15.0 Å². The first kappa shape index (κ1) is 13.4. The van der Waals surface area contributed by atoms with Gasteiger partial charge in [-0.2, -0.15) is 0 Å². The first-order chi connectivity index (χ1) is 8.63. The summed E-state index contributed by atoms with van der Waals surface area (Å²) in [6.45, 7) is 2.33. The summed E-state index contributed by atoms with van der Waals surface area (Å²) in [7, 11) is 1.61. The van der Waals surface area contributed by atoms with Crippen molar-refractivity contribution in [3.63, 3.8) is 0 Å². The Morgan fingerprint density at radius 2 is 2.17 bits per heavy atom. The van der Waals surface area contributed by atoms with Crippen LogP contribution >= 0.6 is 27.5 Å². The second-order valence-electron chi connectivity index (χ2n) is 3.72. The predicted molar refractivity (Wildman–Crippen MR) is 73.4 cm³/mol. The van der Waals surface area contributed by atoms with E-state index >= 15 is 0 Å². The number of ether oxygens (including phenoxy) is 1. The van der Waals surface area contributed by atoms with Crippen molar-refractivity contribution in [3.8, 4) is 11.4 Å². The summed E-state index contributed by atoms with van der Waals surface area (Å²) in [6.07, 6.45) is 3.47. The van der Waals surface area contributed by atoms with E-state index < -0.39 is 0 Å². The quantitative estimate of drug-likeness (QED) is 0.810. The van der Waals surface area contributed by atoms with Crippen molar-refractivity contribution in [1.29, 1.82) is 0 Å². The zero-order chi connectivity index (χ0) is 13.1. The largest absolute Gasteiger partial charge is 0.378 e. The van der Waals surface area contributed by atoms with Crippen LogP contribution in [0.25, 0.3) is 11.4 Å². The van der Waals surface area contributed by atoms with Crippen LogP contribution in [-0.2, 0) is 11.3 Å². The maximum Gasteiger partial charge on any atom is 0.161 e. The van der Waals surface area contributed by atoms with E-state index in [4.69, 9.17) is 16.3 Å². The van der Waals surface area contributed by atoms with Gasteiger partial charge in [0.15, 0.2) is 5.82 Å². The van der Waals surface area contributed by atoms with Gasteiger partial charge in [-0.1, -0.05) is 11.6 Å². The van der Waals surface area contributed by atoms with E-state index in [1.54, 1.807) is 19.5 Å². The molecule has 0 saturated heterocycles. The number of rotatable bonds is 3. The fraction of sp³-hybridized carbons (Fsp3) is 0.250. The molecule has 0 aliphatic rings. The Labute approximate surface area is 119 Å².